The summed E-state index contributed by atoms with van der Waals surface area (Å²) in [5, 5.41) is 0. The van der Waals surface area contributed by atoms with Gasteiger partial charge in [0.05, 0.1) is 5.56 Å². The van der Waals surface area contributed by atoms with Crippen LogP contribution in [0.2, 0.25) is 0 Å². The van der Waals surface area contributed by atoms with Crippen LogP contribution in [0.5, 0.6) is 0 Å². The molecule has 0 N–H and O–H groups in total. The predicted molar refractivity (Wildman–Crippen MR) is 65.8 cm³/mol. The van der Waals surface area contributed by atoms with Crippen LogP contribution < -0.4 is 0 Å². The summed E-state index contributed by atoms with van der Waals surface area (Å²) >= 11 is 0. The molecular weight excluding hydrogens is 313 g/mol. The Morgan fingerprint density at radius 1 is 0.364 bits per heavy atom. The Labute approximate surface area is 121 Å². The summed E-state index contributed by atoms with van der Waals surface area (Å²) < 4.78 is 95.2. The van der Waals surface area contributed by atoms with Gasteiger partial charge in [-0.05, 0) is 37.5 Å². The first-order valence-corrected chi connectivity index (χ1v) is 6.07. The minimum absolute atomic E-state index is 0.400. The largest absolute Gasteiger partial charge is 0.206 e. The molecule has 0 saturated heterocycles. The number of benzene rings is 2. The lowest BCUT2D eigenvalue weighted by atomic mass is 9.91. The van der Waals surface area contributed by atoms with Crippen molar-refractivity contribution in [2.45, 2.75) is 20.8 Å². The van der Waals surface area contributed by atoms with Crippen molar-refractivity contribution in [3.8, 4) is 11.1 Å². The third-order valence-corrected chi connectivity index (χ3v) is 3.53. The van der Waals surface area contributed by atoms with E-state index >= 15 is 0 Å². The van der Waals surface area contributed by atoms with E-state index in [2.05, 4.69) is 0 Å². The van der Waals surface area contributed by atoms with Crippen molar-refractivity contribution >= 4 is 0 Å². The van der Waals surface area contributed by atoms with Crippen molar-refractivity contribution in [3.63, 3.8) is 0 Å². The molecule has 0 nitrogen and oxygen atoms in total. The molecule has 0 heterocycles. The van der Waals surface area contributed by atoms with Gasteiger partial charge in [0.25, 0.3) is 0 Å². The fourth-order valence-corrected chi connectivity index (χ4v) is 2.36. The summed E-state index contributed by atoms with van der Waals surface area (Å²) in [5.74, 6) is -13.2. The fraction of sp³-hybridized carbons (Fsp3) is 0.200. The van der Waals surface area contributed by atoms with Gasteiger partial charge in [-0.25, -0.2) is 30.7 Å². The van der Waals surface area contributed by atoms with Crippen LogP contribution in [-0.2, 0) is 0 Å². The Hall–Kier alpha value is -2.05. The molecule has 0 aromatic heterocycles. The van der Waals surface area contributed by atoms with Gasteiger partial charge in [-0.1, -0.05) is 0 Å². The second-order valence-corrected chi connectivity index (χ2v) is 4.82. The van der Waals surface area contributed by atoms with Gasteiger partial charge in [0.15, 0.2) is 23.3 Å². The maximum absolute atomic E-state index is 13.9. The summed E-state index contributed by atoms with van der Waals surface area (Å²) in [7, 11) is 0. The average molecular weight is 322 g/mol. The summed E-state index contributed by atoms with van der Waals surface area (Å²) in [6.07, 6.45) is 0. The second kappa shape index (κ2) is 5.30. The van der Waals surface area contributed by atoms with Gasteiger partial charge < -0.3 is 0 Å². The first-order valence-electron chi connectivity index (χ1n) is 6.07. The van der Waals surface area contributed by atoms with E-state index < -0.39 is 68.5 Å². The van der Waals surface area contributed by atoms with Crippen LogP contribution in [0.3, 0.4) is 0 Å². The lowest BCUT2D eigenvalue weighted by Crippen LogP contribution is -2.08. The van der Waals surface area contributed by atoms with Crippen LogP contribution in [0.15, 0.2) is 0 Å². The molecule has 0 aliphatic rings. The number of hydrogen-bond donors (Lipinski definition) is 0. The van der Waals surface area contributed by atoms with Crippen LogP contribution in [-0.4, -0.2) is 0 Å². The molecule has 0 amide bonds. The van der Waals surface area contributed by atoms with Gasteiger partial charge in [-0.15, -0.1) is 0 Å². The molecule has 0 aliphatic heterocycles. The Morgan fingerprint density at radius 3 is 1.05 bits per heavy atom. The van der Waals surface area contributed by atoms with E-state index in [4.69, 9.17) is 0 Å². The summed E-state index contributed by atoms with van der Waals surface area (Å²) in [6.45, 7) is 3.25. The molecule has 0 aliphatic carbocycles. The number of halogens is 7. The van der Waals surface area contributed by atoms with E-state index in [1.54, 1.807) is 0 Å². The predicted octanol–water partition coefficient (Wildman–Crippen LogP) is 5.25. The summed E-state index contributed by atoms with van der Waals surface area (Å²) in [4.78, 5) is 0. The van der Waals surface area contributed by atoms with E-state index in [-0.39, 0.29) is 0 Å². The first kappa shape index (κ1) is 16.3. The van der Waals surface area contributed by atoms with Crippen LogP contribution >= 0.6 is 0 Å². The normalized spacial score (nSPS) is 11.2. The zero-order valence-corrected chi connectivity index (χ0v) is 11.6. The Balaban J connectivity index is 3.03. The molecule has 0 spiro atoms. The minimum Gasteiger partial charge on any atom is -0.206 e. The molecule has 0 atom stereocenters. The van der Waals surface area contributed by atoms with Crippen molar-refractivity contribution in [1.29, 1.82) is 0 Å². The molecule has 2 rings (SSSR count). The molecule has 22 heavy (non-hydrogen) atoms. The third-order valence-electron chi connectivity index (χ3n) is 3.53. The van der Waals surface area contributed by atoms with Gasteiger partial charge in [0, 0.05) is 5.56 Å². The van der Waals surface area contributed by atoms with E-state index in [9.17, 15) is 30.7 Å². The van der Waals surface area contributed by atoms with E-state index in [0.717, 1.165) is 20.8 Å². The Morgan fingerprint density at radius 2 is 0.682 bits per heavy atom. The summed E-state index contributed by atoms with van der Waals surface area (Å²) in [5.41, 5.74) is -3.24. The van der Waals surface area contributed by atoms with Crippen molar-refractivity contribution < 1.29 is 30.7 Å². The van der Waals surface area contributed by atoms with Crippen LogP contribution in [0, 0.1) is 61.5 Å². The van der Waals surface area contributed by atoms with Gasteiger partial charge in [0.1, 0.15) is 11.6 Å². The van der Waals surface area contributed by atoms with Gasteiger partial charge in [-0.2, -0.15) is 0 Å². The average Bonchev–Trinajstić information content (AvgIpc) is 2.50. The first-order chi connectivity index (χ1) is 10.1. The van der Waals surface area contributed by atoms with Crippen molar-refractivity contribution in [2.75, 3.05) is 0 Å². The maximum atomic E-state index is 13.9. The highest BCUT2D eigenvalue weighted by Crippen LogP contribution is 2.38. The SMILES string of the molecule is Cc1c(F)c(C)c(-c2c(F)c(F)c(F)c(F)c2F)c(C)c1F. The standard InChI is InChI=1S/C15H9F7/c1-4-7(5(2)10(17)6(3)9(4)16)8-11(18)13(20)15(22)14(21)12(8)19/h1-3H3. The molecule has 0 fully saturated rings. The monoisotopic (exact) mass is 322 g/mol. The van der Waals surface area contributed by atoms with Gasteiger partial charge >= 0.3 is 0 Å². The summed E-state index contributed by atoms with van der Waals surface area (Å²) in [6, 6.07) is 0. The van der Waals surface area contributed by atoms with Gasteiger partial charge in [0.2, 0.25) is 5.82 Å². The smallest absolute Gasteiger partial charge is 0.200 e. The van der Waals surface area contributed by atoms with Crippen molar-refractivity contribution in [2.24, 2.45) is 0 Å². The second-order valence-electron chi connectivity index (χ2n) is 4.82. The van der Waals surface area contributed by atoms with Gasteiger partial charge in [-0.3, -0.25) is 0 Å². The van der Waals surface area contributed by atoms with E-state index in [0.29, 0.717) is 0 Å². The molecule has 7 heteroatoms. The Kier molecular flexibility index (Phi) is 3.93. The molecule has 2 aromatic rings. The highest BCUT2D eigenvalue weighted by atomic mass is 19.2. The zero-order chi connectivity index (χ0) is 16.9. The van der Waals surface area contributed by atoms with Crippen LogP contribution in [0.25, 0.3) is 11.1 Å². The topological polar surface area (TPSA) is 0 Å². The zero-order valence-electron chi connectivity index (χ0n) is 11.6. The number of rotatable bonds is 1. The Bertz CT molecular complexity index is 668. The molecule has 0 saturated carbocycles. The fourth-order valence-electron chi connectivity index (χ4n) is 2.36. The van der Waals surface area contributed by atoms with Crippen molar-refractivity contribution in [1.82, 2.24) is 0 Å². The molecular formula is C15H9F7. The van der Waals surface area contributed by atoms with E-state index in [1.165, 1.54) is 0 Å². The maximum Gasteiger partial charge on any atom is 0.200 e. The lowest BCUT2D eigenvalue weighted by molar-refractivity contribution is 0.381. The van der Waals surface area contributed by atoms with E-state index in [1.807, 2.05) is 0 Å². The van der Waals surface area contributed by atoms with Crippen LogP contribution in [0.1, 0.15) is 16.7 Å². The molecule has 2 aromatic carbocycles. The van der Waals surface area contributed by atoms with Crippen molar-refractivity contribution in [3.05, 3.63) is 57.4 Å². The molecule has 0 bridgehead atoms. The molecule has 118 valence electrons. The van der Waals surface area contributed by atoms with Crippen LogP contribution in [0.4, 0.5) is 30.7 Å². The highest BCUT2D eigenvalue weighted by Gasteiger charge is 2.30. The lowest BCUT2D eigenvalue weighted by Gasteiger charge is -2.16. The quantitative estimate of drug-likeness (QED) is 0.382. The molecule has 0 unspecified atom stereocenters. The molecule has 0 radical (unpaired) electrons. The number of hydrogen-bond acceptors (Lipinski definition) is 0. The highest BCUT2D eigenvalue weighted by molar-refractivity contribution is 5.73. The minimum atomic E-state index is -2.33. The third kappa shape index (κ3) is 2.07.